The molecular weight excluding hydrogens is 404 g/mol. The highest BCUT2D eigenvalue weighted by atomic mass is 35.5. The number of benzene rings is 2. The van der Waals surface area contributed by atoms with Crippen LogP contribution in [0.3, 0.4) is 0 Å². The summed E-state index contributed by atoms with van der Waals surface area (Å²) in [6.45, 7) is 1.11. The summed E-state index contributed by atoms with van der Waals surface area (Å²) in [6, 6.07) is 11.4. The molecule has 1 aromatic heterocycles. The third kappa shape index (κ3) is 5.45. The Bertz CT molecular complexity index is 1020. The molecule has 0 unspecified atom stereocenters. The molecule has 0 bridgehead atoms. The summed E-state index contributed by atoms with van der Waals surface area (Å²) in [6.07, 6.45) is 1.62. The average molecular weight is 422 g/mol. The zero-order valence-electron chi connectivity index (χ0n) is 15.7. The van der Waals surface area contributed by atoms with Gasteiger partial charge < -0.3 is 14.8 Å². The summed E-state index contributed by atoms with van der Waals surface area (Å²) in [4.78, 5) is 12.3. The monoisotopic (exact) mass is 421 g/mol. The van der Waals surface area contributed by atoms with Crippen molar-refractivity contribution in [2.75, 3.05) is 5.32 Å². The van der Waals surface area contributed by atoms with Crippen LogP contribution >= 0.6 is 11.6 Å². The molecule has 0 aliphatic heterocycles. The number of hydrogen-bond acceptors (Lipinski definition) is 4. The van der Waals surface area contributed by atoms with Gasteiger partial charge in [-0.05, 0) is 49.7 Å². The zero-order valence-corrected chi connectivity index (χ0v) is 16.4. The first-order valence-electron chi connectivity index (χ1n) is 8.61. The number of nitrogens with zero attached hydrogens (tertiary/aromatic N) is 2. The summed E-state index contributed by atoms with van der Waals surface area (Å²) < 4.78 is 36.0. The molecule has 0 radical (unpaired) electrons. The Labute approximate surface area is 171 Å². The van der Waals surface area contributed by atoms with E-state index >= 15 is 0 Å². The molecule has 1 amide bonds. The molecule has 0 saturated carbocycles. The Morgan fingerprint density at radius 2 is 1.93 bits per heavy atom. The van der Waals surface area contributed by atoms with E-state index in [2.05, 4.69) is 15.2 Å². The Hall–Kier alpha value is -3.13. The van der Waals surface area contributed by atoms with Gasteiger partial charge in [-0.25, -0.2) is 4.68 Å². The zero-order chi connectivity index (χ0) is 21.0. The number of amides is 1. The predicted octanol–water partition coefficient (Wildman–Crippen LogP) is 5.04. The lowest BCUT2D eigenvalue weighted by atomic mass is 10.1. The minimum Gasteiger partial charge on any atom is -0.471 e. The topological polar surface area (TPSA) is 65.4 Å². The van der Waals surface area contributed by atoms with Crippen molar-refractivity contribution in [1.29, 1.82) is 0 Å². The summed E-state index contributed by atoms with van der Waals surface area (Å²) in [5.41, 5.74) is 2.63. The minimum absolute atomic E-state index is 0.0458. The lowest BCUT2D eigenvalue weighted by molar-refractivity contribution is -0.0497. The molecule has 0 fully saturated rings. The molecule has 9 heteroatoms. The SMILES string of the molecule is Cc1ccc(OCn2ccc(C(=O)Nc3ccc(OC(F)F)c(Cl)c3)n2)c(C)c1. The Kier molecular flexibility index (Phi) is 6.33. The van der Waals surface area contributed by atoms with Crippen LogP contribution in [-0.4, -0.2) is 22.3 Å². The molecule has 0 atom stereocenters. The number of carbonyl (C=O) groups is 1. The Balaban J connectivity index is 1.61. The normalized spacial score (nSPS) is 10.8. The minimum atomic E-state index is -2.98. The number of rotatable bonds is 7. The molecule has 0 saturated heterocycles. The van der Waals surface area contributed by atoms with Gasteiger partial charge in [-0.2, -0.15) is 13.9 Å². The molecule has 3 rings (SSSR count). The van der Waals surface area contributed by atoms with Crippen molar-refractivity contribution < 1.29 is 23.0 Å². The van der Waals surface area contributed by atoms with Crippen molar-refractivity contribution in [2.45, 2.75) is 27.2 Å². The van der Waals surface area contributed by atoms with Crippen molar-refractivity contribution in [3.63, 3.8) is 0 Å². The number of hydrogen-bond donors (Lipinski definition) is 1. The first-order chi connectivity index (χ1) is 13.8. The van der Waals surface area contributed by atoms with Crippen LogP contribution in [0.25, 0.3) is 0 Å². The Morgan fingerprint density at radius 3 is 2.62 bits per heavy atom. The van der Waals surface area contributed by atoms with E-state index in [4.69, 9.17) is 16.3 Å². The molecule has 0 aliphatic carbocycles. The van der Waals surface area contributed by atoms with E-state index in [0.717, 1.165) is 16.9 Å². The van der Waals surface area contributed by atoms with E-state index in [1.54, 1.807) is 6.20 Å². The predicted molar refractivity (Wildman–Crippen MR) is 105 cm³/mol. The quantitative estimate of drug-likeness (QED) is 0.580. The average Bonchev–Trinajstić information content (AvgIpc) is 3.12. The fourth-order valence-electron chi connectivity index (χ4n) is 2.62. The fourth-order valence-corrected chi connectivity index (χ4v) is 2.84. The molecule has 1 N–H and O–H groups in total. The lowest BCUT2D eigenvalue weighted by Crippen LogP contribution is -2.14. The summed E-state index contributed by atoms with van der Waals surface area (Å²) >= 11 is 5.88. The molecule has 6 nitrogen and oxygen atoms in total. The van der Waals surface area contributed by atoms with E-state index in [0.29, 0.717) is 5.69 Å². The highest BCUT2D eigenvalue weighted by molar-refractivity contribution is 6.32. The number of ether oxygens (including phenoxy) is 2. The van der Waals surface area contributed by atoms with E-state index in [-0.39, 0.29) is 23.2 Å². The van der Waals surface area contributed by atoms with Crippen molar-refractivity contribution in [1.82, 2.24) is 9.78 Å². The van der Waals surface area contributed by atoms with Crippen LogP contribution in [0.2, 0.25) is 5.02 Å². The molecule has 3 aromatic rings. The molecule has 1 heterocycles. The number of aromatic nitrogens is 2. The van der Waals surface area contributed by atoms with Crippen LogP contribution in [-0.2, 0) is 6.73 Å². The van der Waals surface area contributed by atoms with E-state index in [1.165, 1.54) is 28.9 Å². The molecule has 29 heavy (non-hydrogen) atoms. The second-order valence-corrected chi connectivity index (χ2v) is 6.67. The largest absolute Gasteiger partial charge is 0.471 e. The van der Waals surface area contributed by atoms with Crippen molar-refractivity contribution >= 4 is 23.2 Å². The van der Waals surface area contributed by atoms with Gasteiger partial charge in [-0.3, -0.25) is 4.79 Å². The van der Waals surface area contributed by atoms with Gasteiger partial charge in [-0.1, -0.05) is 29.3 Å². The van der Waals surface area contributed by atoms with Crippen molar-refractivity contribution in [2.24, 2.45) is 0 Å². The number of alkyl halides is 2. The first-order valence-corrected chi connectivity index (χ1v) is 8.99. The third-order valence-electron chi connectivity index (χ3n) is 3.96. The molecule has 0 aliphatic rings. The van der Waals surface area contributed by atoms with Crippen LogP contribution in [0.15, 0.2) is 48.7 Å². The molecule has 2 aromatic carbocycles. The summed E-state index contributed by atoms with van der Waals surface area (Å²) in [7, 11) is 0. The molecule has 0 spiro atoms. The van der Waals surface area contributed by atoms with Crippen LogP contribution in [0, 0.1) is 13.8 Å². The number of carbonyl (C=O) groups excluding carboxylic acids is 1. The van der Waals surface area contributed by atoms with Gasteiger partial charge in [0.25, 0.3) is 5.91 Å². The number of aryl methyl sites for hydroxylation is 2. The highest BCUT2D eigenvalue weighted by Crippen LogP contribution is 2.29. The first kappa shape index (κ1) is 20.6. The smallest absolute Gasteiger partial charge is 0.387 e. The van der Waals surface area contributed by atoms with Crippen molar-refractivity contribution in [3.05, 3.63) is 70.5 Å². The number of halogens is 3. The van der Waals surface area contributed by atoms with Gasteiger partial charge in [0.1, 0.15) is 11.5 Å². The van der Waals surface area contributed by atoms with Crippen LogP contribution in [0.4, 0.5) is 14.5 Å². The van der Waals surface area contributed by atoms with Crippen LogP contribution < -0.4 is 14.8 Å². The third-order valence-corrected chi connectivity index (χ3v) is 4.26. The second kappa shape index (κ2) is 8.91. The maximum absolute atomic E-state index is 12.3. The maximum atomic E-state index is 12.3. The van der Waals surface area contributed by atoms with E-state index in [1.807, 2.05) is 32.0 Å². The maximum Gasteiger partial charge on any atom is 0.387 e. The van der Waals surface area contributed by atoms with Crippen LogP contribution in [0.5, 0.6) is 11.5 Å². The van der Waals surface area contributed by atoms with Gasteiger partial charge in [0, 0.05) is 11.9 Å². The van der Waals surface area contributed by atoms with Gasteiger partial charge in [-0.15, -0.1) is 0 Å². The van der Waals surface area contributed by atoms with Gasteiger partial charge in [0.15, 0.2) is 12.4 Å². The van der Waals surface area contributed by atoms with Gasteiger partial charge in [0.2, 0.25) is 0 Å². The molecular formula is C20H18ClF2N3O3. The summed E-state index contributed by atoms with van der Waals surface area (Å²) in [5, 5.41) is 6.72. The standard InChI is InChI=1S/C20H18ClF2N3O3/c1-12-3-5-17(13(2)9-12)28-11-26-8-7-16(25-26)19(27)24-14-4-6-18(15(21)10-14)29-20(22)23/h3-10,20H,11H2,1-2H3,(H,24,27). The van der Waals surface area contributed by atoms with E-state index < -0.39 is 12.5 Å². The number of anilines is 1. The van der Waals surface area contributed by atoms with Crippen LogP contribution in [0.1, 0.15) is 21.6 Å². The fraction of sp³-hybridized carbons (Fsp3) is 0.200. The van der Waals surface area contributed by atoms with Gasteiger partial charge >= 0.3 is 6.61 Å². The molecule has 152 valence electrons. The van der Waals surface area contributed by atoms with Gasteiger partial charge in [0.05, 0.1) is 5.02 Å². The summed E-state index contributed by atoms with van der Waals surface area (Å²) in [5.74, 6) is 0.0826. The highest BCUT2D eigenvalue weighted by Gasteiger charge is 2.13. The number of nitrogens with one attached hydrogen (secondary N) is 1. The second-order valence-electron chi connectivity index (χ2n) is 6.26. The Morgan fingerprint density at radius 1 is 1.17 bits per heavy atom. The van der Waals surface area contributed by atoms with E-state index in [9.17, 15) is 13.6 Å². The van der Waals surface area contributed by atoms with Crippen molar-refractivity contribution in [3.8, 4) is 11.5 Å². The lowest BCUT2D eigenvalue weighted by Gasteiger charge is -2.10.